The molecule has 104 valence electrons. The molecule has 0 aliphatic rings. The van der Waals surface area contributed by atoms with Gasteiger partial charge in [-0.1, -0.05) is 0 Å². The highest BCUT2D eigenvalue weighted by Gasteiger charge is 2.16. The third-order valence-corrected chi connectivity index (χ3v) is 3.03. The zero-order valence-corrected chi connectivity index (χ0v) is 11.3. The average Bonchev–Trinajstić information content (AvgIpc) is 2.48. The van der Waals surface area contributed by atoms with E-state index >= 15 is 0 Å². The number of phenolic OH excluding ortho intramolecular Hbond substituents is 1. The van der Waals surface area contributed by atoms with Gasteiger partial charge in [-0.3, -0.25) is 4.79 Å². The van der Waals surface area contributed by atoms with Crippen LogP contribution >= 0.6 is 0 Å². The van der Waals surface area contributed by atoms with Crippen molar-refractivity contribution in [3.8, 4) is 11.5 Å². The van der Waals surface area contributed by atoms with Gasteiger partial charge < -0.3 is 20.5 Å². The third kappa shape index (κ3) is 2.66. The number of aromatic hydroxyl groups is 1. The SMILES string of the molecule is COc1ccc(N(C)C(=O)c2cc(O)ccc2N)cc1. The van der Waals surface area contributed by atoms with Crippen LogP contribution in [0.25, 0.3) is 0 Å². The first-order chi connectivity index (χ1) is 9.52. The van der Waals surface area contributed by atoms with Crippen LogP contribution in [0.1, 0.15) is 10.4 Å². The maximum Gasteiger partial charge on any atom is 0.260 e. The molecule has 0 fully saturated rings. The van der Waals surface area contributed by atoms with Gasteiger partial charge in [0.1, 0.15) is 11.5 Å². The van der Waals surface area contributed by atoms with Crippen molar-refractivity contribution in [2.75, 3.05) is 24.8 Å². The number of nitrogen functional groups attached to an aromatic ring is 1. The number of carbonyl (C=O) groups excluding carboxylic acids is 1. The van der Waals surface area contributed by atoms with Crippen LogP contribution in [0.5, 0.6) is 11.5 Å². The third-order valence-electron chi connectivity index (χ3n) is 3.03. The second-order valence-corrected chi connectivity index (χ2v) is 4.33. The number of phenols is 1. The van der Waals surface area contributed by atoms with Gasteiger partial charge in [0.25, 0.3) is 5.91 Å². The second kappa shape index (κ2) is 5.52. The first-order valence-electron chi connectivity index (χ1n) is 6.03. The summed E-state index contributed by atoms with van der Waals surface area (Å²) in [5, 5.41) is 9.46. The summed E-state index contributed by atoms with van der Waals surface area (Å²) < 4.78 is 5.07. The number of amides is 1. The number of methoxy groups -OCH3 is 1. The van der Waals surface area contributed by atoms with Crippen molar-refractivity contribution in [1.82, 2.24) is 0 Å². The molecule has 0 spiro atoms. The summed E-state index contributed by atoms with van der Waals surface area (Å²) in [5.74, 6) is 0.431. The summed E-state index contributed by atoms with van der Waals surface area (Å²) in [6.45, 7) is 0. The zero-order valence-electron chi connectivity index (χ0n) is 11.3. The van der Waals surface area contributed by atoms with Crippen molar-refractivity contribution >= 4 is 17.3 Å². The molecule has 2 aromatic carbocycles. The lowest BCUT2D eigenvalue weighted by Crippen LogP contribution is -2.26. The molecule has 2 aromatic rings. The molecule has 5 nitrogen and oxygen atoms in total. The molecule has 0 bridgehead atoms. The van der Waals surface area contributed by atoms with Crippen LogP contribution in [0.15, 0.2) is 42.5 Å². The van der Waals surface area contributed by atoms with Crippen LogP contribution in [0.4, 0.5) is 11.4 Å². The minimum atomic E-state index is -0.288. The van der Waals surface area contributed by atoms with Gasteiger partial charge >= 0.3 is 0 Å². The number of ether oxygens (including phenoxy) is 1. The van der Waals surface area contributed by atoms with E-state index in [1.807, 2.05) is 0 Å². The number of hydrogen-bond acceptors (Lipinski definition) is 4. The lowest BCUT2D eigenvalue weighted by Gasteiger charge is -2.18. The smallest absolute Gasteiger partial charge is 0.260 e. The van der Waals surface area contributed by atoms with E-state index in [1.54, 1.807) is 38.4 Å². The quantitative estimate of drug-likeness (QED) is 0.663. The maximum absolute atomic E-state index is 12.4. The van der Waals surface area contributed by atoms with E-state index in [9.17, 15) is 9.90 Å². The highest BCUT2D eigenvalue weighted by atomic mass is 16.5. The van der Waals surface area contributed by atoms with Gasteiger partial charge in [0.2, 0.25) is 0 Å². The van der Waals surface area contributed by atoms with E-state index in [4.69, 9.17) is 10.5 Å². The zero-order chi connectivity index (χ0) is 14.7. The molecule has 20 heavy (non-hydrogen) atoms. The molecule has 0 heterocycles. The summed E-state index contributed by atoms with van der Waals surface area (Å²) in [5.41, 5.74) is 7.07. The van der Waals surface area contributed by atoms with Crippen molar-refractivity contribution < 1.29 is 14.6 Å². The molecule has 2 rings (SSSR count). The Morgan fingerprint density at radius 2 is 1.85 bits per heavy atom. The molecule has 0 aliphatic heterocycles. The molecule has 1 amide bonds. The van der Waals surface area contributed by atoms with Gasteiger partial charge in [0.15, 0.2) is 0 Å². The highest BCUT2D eigenvalue weighted by Crippen LogP contribution is 2.24. The monoisotopic (exact) mass is 272 g/mol. The van der Waals surface area contributed by atoms with Crippen molar-refractivity contribution in [2.24, 2.45) is 0 Å². The van der Waals surface area contributed by atoms with Gasteiger partial charge in [-0.2, -0.15) is 0 Å². The number of carbonyl (C=O) groups is 1. The van der Waals surface area contributed by atoms with E-state index in [0.717, 1.165) is 0 Å². The van der Waals surface area contributed by atoms with Crippen molar-refractivity contribution in [2.45, 2.75) is 0 Å². The summed E-state index contributed by atoms with van der Waals surface area (Å²) >= 11 is 0. The molecule has 5 heteroatoms. The Labute approximate surface area is 117 Å². The lowest BCUT2D eigenvalue weighted by atomic mass is 10.1. The number of nitrogens with zero attached hydrogens (tertiary/aromatic N) is 1. The molecule has 0 saturated carbocycles. The number of hydrogen-bond donors (Lipinski definition) is 2. The molecule has 0 saturated heterocycles. The van der Waals surface area contributed by atoms with E-state index in [-0.39, 0.29) is 17.2 Å². The summed E-state index contributed by atoms with van der Waals surface area (Å²) in [6.07, 6.45) is 0. The second-order valence-electron chi connectivity index (χ2n) is 4.33. The number of benzene rings is 2. The van der Waals surface area contributed by atoms with Crippen LogP contribution in [-0.2, 0) is 0 Å². The average molecular weight is 272 g/mol. The van der Waals surface area contributed by atoms with Crippen molar-refractivity contribution in [3.63, 3.8) is 0 Å². The molecule has 0 aliphatic carbocycles. The van der Waals surface area contributed by atoms with E-state index in [1.165, 1.54) is 23.1 Å². The van der Waals surface area contributed by atoms with Gasteiger partial charge in [0, 0.05) is 18.4 Å². The summed E-state index contributed by atoms with van der Waals surface area (Å²) in [4.78, 5) is 13.8. The minimum absolute atomic E-state index is 0.00526. The lowest BCUT2D eigenvalue weighted by molar-refractivity contribution is 0.0993. The standard InChI is InChI=1S/C15H16N2O3/c1-17(10-3-6-12(20-2)7-4-10)15(19)13-9-11(18)5-8-14(13)16/h3-9,18H,16H2,1-2H3. The summed E-state index contributed by atoms with van der Waals surface area (Å²) in [7, 11) is 3.23. The maximum atomic E-state index is 12.4. The fraction of sp³-hybridized carbons (Fsp3) is 0.133. The Hall–Kier alpha value is -2.69. The molecule has 0 atom stereocenters. The topological polar surface area (TPSA) is 75.8 Å². The molecular formula is C15H16N2O3. The number of nitrogens with two attached hydrogens (primary N) is 1. The fourth-order valence-electron chi connectivity index (χ4n) is 1.83. The van der Waals surface area contributed by atoms with Crippen LogP contribution < -0.4 is 15.4 Å². The molecule has 0 unspecified atom stereocenters. The van der Waals surface area contributed by atoms with Crippen LogP contribution in [0.2, 0.25) is 0 Å². The molecule has 0 aromatic heterocycles. The van der Waals surface area contributed by atoms with Crippen molar-refractivity contribution in [3.05, 3.63) is 48.0 Å². The highest BCUT2D eigenvalue weighted by molar-refractivity contribution is 6.09. The minimum Gasteiger partial charge on any atom is -0.508 e. The Bertz CT molecular complexity index is 624. The Balaban J connectivity index is 2.29. The van der Waals surface area contributed by atoms with E-state index < -0.39 is 0 Å². The predicted molar refractivity (Wildman–Crippen MR) is 78.2 cm³/mol. The van der Waals surface area contributed by atoms with Crippen LogP contribution in [0, 0.1) is 0 Å². The Kier molecular flexibility index (Phi) is 3.79. The number of anilines is 2. The molecular weight excluding hydrogens is 256 g/mol. The number of rotatable bonds is 3. The predicted octanol–water partition coefficient (Wildman–Crippen LogP) is 2.26. The first kappa shape index (κ1) is 13.7. The van der Waals surface area contributed by atoms with E-state index in [0.29, 0.717) is 17.1 Å². The van der Waals surface area contributed by atoms with Crippen molar-refractivity contribution in [1.29, 1.82) is 0 Å². The summed E-state index contributed by atoms with van der Waals surface area (Å²) in [6, 6.07) is 11.4. The largest absolute Gasteiger partial charge is 0.508 e. The first-order valence-corrected chi connectivity index (χ1v) is 6.03. The fourth-order valence-corrected chi connectivity index (χ4v) is 1.83. The molecule has 3 N–H and O–H groups in total. The van der Waals surface area contributed by atoms with Gasteiger partial charge in [0.05, 0.1) is 12.7 Å². The van der Waals surface area contributed by atoms with Crippen LogP contribution in [-0.4, -0.2) is 25.2 Å². The van der Waals surface area contributed by atoms with Gasteiger partial charge in [-0.15, -0.1) is 0 Å². The van der Waals surface area contributed by atoms with E-state index in [2.05, 4.69) is 0 Å². The Morgan fingerprint density at radius 1 is 1.20 bits per heavy atom. The van der Waals surface area contributed by atoms with Crippen LogP contribution in [0.3, 0.4) is 0 Å². The normalized spacial score (nSPS) is 10.1. The molecule has 0 radical (unpaired) electrons. The van der Waals surface area contributed by atoms with Gasteiger partial charge in [-0.25, -0.2) is 0 Å². The van der Waals surface area contributed by atoms with Gasteiger partial charge in [-0.05, 0) is 42.5 Å². The Morgan fingerprint density at radius 3 is 2.45 bits per heavy atom.